The fraction of sp³-hybridized carbons (Fsp3) is 0.250. The summed E-state index contributed by atoms with van der Waals surface area (Å²) in [6, 6.07) is 3.72. The first kappa shape index (κ1) is 13.2. The van der Waals surface area contributed by atoms with Crippen LogP contribution >= 0.6 is 11.6 Å². The highest BCUT2D eigenvalue weighted by molar-refractivity contribution is 6.47. The van der Waals surface area contributed by atoms with Crippen LogP contribution in [0.15, 0.2) is 12.1 Å². The fourth-order valence-corrected chi connectivity index (χ4v) is 2.40. The van der Waals surface area contributed by atoms with Crippen LogP contribution in [0.4, 0.5) is 5.69 Å². The van der Waals surface area contributed by atoms with Gasteiger partial charge < -0.3 is 10.8 Å². The number of anilines is 1. The summed E-state index contributed by atoms with van der Waals surface area (Å²) in [4.78, 5) is 4.51. The molecule has 3 nitrogen and oxygen atoms in total. The van der Waals surface area contributed by atoms with E-state index in [2.05, 4.69) is 4.98 Å². The summed E-state index contributed by atoms with van der Waals surface area (Å²) >= 11 is 6.06. The molecular formula is C12H15B2ClN2O. The number of benzene rings is 1. The molecule has 0 atom stereocenters. The van der Waals surface area contributed by atoms with E-state index in [0.29, 0.717) is 16.4 Å². The Kier molecular flexibility index (Phi) is 3.07. The third-order valence-corrected chi connectivity index (χ3v) is 3.35. The highest BCUT2D eigenvalue weighted by atomic mass is 35.5. The minimum atomic E-state index is -1.06. The van der Waals surface area contributed by atoms with E-state index in [1.807, 2.05) is 27.8 Å². The van der Waals surface area contributed by atoms with Crippen LogP contribution in [-0.2, 0) is 5.60 Å². The highest BCUT2D eigenvalue weighted by Crippen LogP contribution is 2.25. The number of halogens is 1. The molecule has 1 aromatic carbocycles. The van der Waals surface area contributed by atoms with E-state index in [9.17, 15) is 5.11 Å². The summed E-state index contributed by atoms with van der Waals surface area (Å²) < 4.78 is 0. The summed E-state index contributed by atoms with van der Waals surface area (Å²) in [6.45, 7) is 3.37. The maximum absolute atomic E-state index is 10.1. The third-order valence-electron chi connectivity index (χ3n) is 3.13. The molecule has 0 saturated carbocycles. The van der Waals surface area contributed by atoms with Crippen molar-refractivity contribution in [3.63, 3.8) is 0 Å². The zero-order valence-corrected chi connectivity index (χ0v) is 11.8. The molecule has 0 aliphatic heterocycles. The van der Waals surface area contributed by atoms with Crippen LogP contribution in [-0.4, -0.2) is 25.8 Å². The first-order valence-corrected chi connectivity index (χ1v) is 6.18. The number of aliphatic hydroxyl groups is 1. The number of nitrogen functional groups attached to an aromatic ring is 1. The first-order chi connectivity index (χ1) is 8.21. The van der Waals surface area contributed by atoms with Gasteiger partial charge in [-0.1, -0.05) is 22.5 Å². The summed E-state index contributed by atoms with van der Waals surface area (Å²) in [7, 11) is 3.87. The van der Waals surface area contributed by atoms with Crippen molar-refractivity contribution < 1.29 is 5.11 Å². The summed E-state index contributed by atoms with van der Waals surface area (Å²) in [6.07, 6.45) is 0. The van der Waals surface area contributed by atoms with Crippen molar-refractivity contribution in [2.24, 2.45) is 0 Å². The Morgan fingerprint density at radius 1 is 1.33 bits per heavy atom. The minimum Gasteiger partial charge on any atom is -0.398 e. The number of rotatable bonds is 1. The van der Waals surface area contributed by atoms with Gasteiger partial charge in [0.25, 0.3) is 0 Å². The third kappa shape index (κ3) is 2.08. The van der Waals surface area contributed by atoms with Gasteiger partial charge in [0, 0.05) is 5.02 Å². The average molecular weight is 260 g/mol. The Morgan fingerprint density at radius 2 is 1.94 bits per heavy atom. The molecule has 92 valence electrons. The van der Waals surface area contributed by atoms with Gasteiger partial charge in [-0.2, -0.15) is 0 Å². The molecule has 2 rings (SSSR count). The molecule has 0 aliphatic rings. The van der Waals surface area contributed by atoms with Crippen LogP contribution < -0.4 is 16.7 Å². The van der Waals surface area contributed by atoms with Gasteiger partial charge in [0.05, 0.1) is 16.9 Å². The van der Waals surface area contributed by atoms with Crippen molar-refractivity contribution >= 4 is 54.8 Å². The van der Waals surface area contributed by atoms with Crippen LogP contribution in [0.1, 0.15) is 19.5 Å². The van der Waals surface area contributed by atoms with Gasteiger partial charge in [0.2, 0.25) is 0 Å². The molecule has 0 aliphatic carbocycles. The topological polar surface area (TPSA) is 59.1 Å². The molecule has 0 saturated heterocycles. The quantitative estimate of drug-likeness (QED) is 0.661. The lowest BCUT2D eigenvalue weighted by Crippen LogP contribution is -2.27. The minimum absolute atomic E-state index is 0.512. The second-order valence-electron chi connectivity index (χ2n) is 5.18. The predicted octanol–water partition coefficient (Wildman–Crippen LogP) is -0.785. The van der Waals surface area contributed by atoms with Crippen molar-refractivity contribution in [2.45, 2.75) is 19.4 Å². The molecule has 2 aromatic rings. The molecule has 0 spiro atoms. The molecule has 0 amide bonds. The Labute approximate surface area is 113 Å². The lowest BCUT2D eigenvalue weighted by atomic mass is 9.83. The van der Waals surface area contributed by atoms with E-state index in [1.165, 1.54) is 0 Å². The van der Waals surface area contributed by atoms with Crippen LogP contribution in [0, 0.1) is 0 Å². The highest BCUT2D eigenvalue weighted by Gasteiger charge is 2.23. The van der Waals surface area contributed by atoms with Crippen molar-refractivity contribution in [3.05, 3.63) is 22.8 Å². The van der Waals surface area contributed by atoms with Gasteiger partial charge in [-0.3, -0.25) is 0 Å². The standard InChI is InChI=1S/C12H15B2ClN2O/c1-12(2,18)11-9(16)8(14)6-3-5(15)4-7(13)10(6)17-11/h3-4,18H,13-14,16H2,1-2H3. The van der Waals surface area contributed by atoms with E-state index >= 15 is 0 Å². The zero-order chi connectivity index (χ0) is 13.7. The number of fused-ring (bicyclic) bond motifs is 1. The second kappa shape index (κ2) is 4.18. The van der Waals surface area contributed by atoms with Crippen LogP contribution in [0.25, 0.3) is 10.9 Å². The van der Waals surface area contributed by atoms with Crippen LogP contribution in [0.2, 0.25) is 5.02 Å². The second-order valence-corrected chi connectivity index (χ2v) is 5.61. The number of aromatic nitrogens is 1. The molecule has 0 radical (unpaired) electrons. The number of hydrogen-bond acceptors (Lipinski definition) is 3. The molecule has 6 heteroatoms. The lowest BCUT2D eigenvalue weighted by Gasteiger charge is -2.22. The monoisotopic (exact) mass is 260 g/mol. The summed E-state index contributed by atoms with van der Waals surface area (Å²) in [5.74, 6) is 0. The number of pyridine rings is 1. The van der Waals surface area contributed by atoms with E-state index in [1.54, 1.807) is 13.8 Å². The van der Waals surface area contributed by atoms with Crippen molar-refractivity contribution in [2.75, 3.05) is 5.73 Å². The van der Waals surface area contributed by atoms with Crippen LogP contribution in [0.3, 0.4) is 0 Å². The number of nitrogens with two attached hydrogens (primary N) is 1. The smallest absolute Gasteiger partial charge is 0.143 e. The van der Waals surface area contributed by atoms with Crippen molar-refractivity contribution in [1.29, 1.82) is 0 Å². The molecule has 1 aromatic heterocycles. The molecule has 18 heavy (non-hydrogen) atoms. The fourth-order valence-electron chi connectivity index (χ4n) is 2.13. The molecule has 0 bridgehead atoms. The van der Waals surface area contributed by atoms with Gasteiger partial charge in [0.1, 0.15) is 21.3 Å². The van der Waals surface area contributed by atoms with E-state index in [0.717, 1.165) is 21.8 Å². The first-order valence-electron chi connectivity index (χ1n) is 5.80. The maximum Gasteiger partial charge on any atom is 0.143 e. The van der Waals surface area contributed by atoms with E-state index in [-0.39, 0.29) is 0 Å². The van der Waals surface area contributed by atoms with Crippen LogP contribution in [0.5, 0.6) is 0 Å². The molecular weight excluding hydrogens is 245 g/mol. The SMILES string of the molecule is Bc1c(N)c(C(C)(C)O)nc2c(B)cc(Cl)cc12. The zero-order valence-electron chi connectivity index (χ0n) is 11.0. The lowest BCUT2D eigenvalue weighted by molar-refractivity contribution is 0.0751. The molecule has 1 heterocycles. The van der Waals surface area contributed by atoms with E-state index in [4.69, 9.17) is 17.3 Å². The Balaban J connectivity index is 2.93. The number of hydrogen-bond donors (Lipinski definition) is 2. The van der Waals surface area contributed by atoms with Crippen molar-refractivity contribution in [3.8, 4) is 0 Å². The Bertz CT molecular complexity index is 638. The van der Waals surface area contributed by atoms with Gasteiger partial charge >= 0.3 is 0 Å². The molecule has 3 N–H and O–H groups in total. The summed E-state index contributed by atoms with van der Waals surface area (Å²) in [5.41, 5.74) is 8.77. The van der Waals surface area contributed by atoms with E-state index < -0.39 is 5.60 Å². The van der Waals surface area contributed by atoms with Crippen molar-refractivity contribution in [1.82, 2.24) is 4.98 Å². The predicted molar refractivity (Wildman–Crippen MR) is 82.8 cm³/mol. The molecule has 0 fully saturated rings. The maximum atomic E-state index is 10.1. The normalized spacial score (nSPS) is 12.0. The Hall–Kier alpha value is -1.19. The van der Waals surface area contributed by atoms with Gasteiger partial charge in [0.15, 0.2) is 0 Å². The average Bonchev–Trinajstić information content (AvgIpc) is 2.22. The van der Waals surface area contributed by atoms with Gasteiger partial charge in [-0.25, -0.2) is 4.98 Å². The molecule has 0 unspecified atom stereocenters. The largest absolute Gasteiger partial charge is 0.398 e. The van der Waals surface area contributed by atoms with Gasteiger partial charge in [-0.15, -0.1) is 0 Å². The van der Waals surface area contributed by atoms with Gasteiger partial charge in [-0.05, 0) is 31.4 Å². The Morgan fingerprint density at radius 3 is 2.50 bits per heavy atom. The number of nitrogens with zero attached hydrogens (tertiary/aromatic N) is 1. The summed E-state index contributed by atoms with van der Waals surface area (Å²) in [5, 5.41) is 11.7.